The molecule has 2 unspecified atom stereocenters. The van der Waals surface area contributed by atoms with E-state index in [9.17, 15) is 0 Å². The van der Waals surface area contributed by atoms with E-state index in [-0.39, 0.29) is 0 Å². The summed E-state index contributed by atoms with van der Waals surface area (Å²) in [6.45, 7) is 2.26. The molecule has 25 heavy (non-hydrogen) atoms. The first kappa shape index (κ1) is 15.4. The number of nitrogens with zero attached hydrogens (tertiary/aromatic N) is 3. The van der Waals surface area contributed by atoms with Crippen LogP contribution in [0.2, 0.25) is 0 Å². The van der Waals surface area contributed by atoms with E-state index in [1.54, 1.807) is 0 Å². The van der Waals surface area contributed by atoms with Crippen molar-refractivity contribution in [3.05, 3.63) is 48.7 Å². The lowest BCUT2D eigenvalue weighted by Gasteiger charge is -2.28. The minimum Gasteiger partial charge on any atom is -0.368 e. The lowest BCUT2D eigenvalue weighted by atomic mass is 10.1. The van der Waals surface area contributed by atoms with Crippen LogP contribution in [0.5, 0.6) is 0 Å². The lowest BCUT2D eigenvalue weighted by molar-refractivity contribution is 0.254. The Morgan fingerprint density at radius 3 is 2.84 bits per heavy atom. The van der Waals surface area contributed by atoms with Gasteiger partial charge in [0.15, 0.2) is 0 Å². The number of likely N-dealkylation sites (N-methyl/N-ethyl adjacent to an activating group) is 1. The third kappa shape index (κ3) is 2.64. The normalized spacial score (nSPS) is 24.0. The van der Waals surface area contributed by atoms with Gasteiger partial charge >= 0.3 is 0 Å². The van der Waals surface area contributed by atoms with Gasteiger partial charge in [-0.3, -0.25) is 9.88 Å². The van der Waals surface area contributed by atoms with Gasteiger partial charge in [0, 0.05) is 36.1 Å². The minimum atomic E-state index is 0.683. The van der Waals surface area contributed by atoms with Crippen LogP contribution in [0.3, 0.4) is 0 Å². The van der Waals surface area contributed by atoms with Crippen molar-refractivity contribution in [2.75, 3.05) is 25.0 Å². The van der Waals surface area contributed by atoms with Gasteiger partial charge in [0.25, 0.3) is 0 Å². The predicted molar refractivity (Wildman–Crippen MR) is 106 cm³/mol. The zero-order valence-electron chi connectivity index (χ0n) is 14.6. The van der Waals surface area contributed by atoms with Crippen LogP contribution >= 0.6 is 11.3 Å². The molecule has 0 aliphatic carbocycles. The highest BCUT2D eigenvalue weighted by Gasteiger charge is 2.35. The molecule has 2 atom stereocenters. The van der Waals surface area contributed by atoms with Crippen LogP contribution in [0, 0.1) is 0 Å². The molecule has 2 aliphatic rings. The summed E-state index contributed by atoms with van der Waals surface area (Å²) in [4.78, 5) is 11.2. The number of hydrogen-bond donors (Lipinski definition) is 0. The molecule has 0 saturated carbocycles. The second-order valence-electron chi connectivity index (χ2n) is 7.30. The highest BCUT2D eigenvalue weighted by molar-refractivity contribution is 7.22. The standard InChI is InChI=1S/C21H23N3S/c1-23-16-8-9-17(23)14-24(12-10-16)18-6-4-11-22-21(18)20-13-15-5-2-3-7-19(15)25-20/h2-7,11,13,16-17H,8-10,12,14H2,1H3. The Labute approximate surface area is 152 Å². The van der Waals surface area contributed by atoms with Crippen LogP contribution in [0.15, 0.2) is 48.7 Å². The maximum absolute atomic E-state index is 4.79. The molecule has 128 valence electrons. The first-order valence-corrected chi connectivity index (χ1v) is 10.0. The molecule has 0 N–H and O–H groups in total. The van der Waals surface area contributed by atoms with Crippen LogP contribution in [0.1, 0.15) is 19.3 Å². The first-order valence-electron chi connectivity index (χ1n) is 9.20. The van der Waals surface area contributed by atoms with E-state index in [1.165, 1.54) is 39.9 Å². The van der Waals surface area contributed by atoms with Crippen molar-refractivity contribution in [3.8, 4) is 10.6 Å². The van der Waals surface area contributed by atoms with Gasteiger partial charge in [-0.1, -0.05) is 18.2 Å². The lowest BCUT2D eigenvalue weighted by Crippen LogP contribution is -2.36. The highest BCUT2D eigenvalue weighted by atomic mass is 32.1. The Balaban J connectivity index is 1.54. The second-order valence-corrected chi connectivity index (χ2v) is 8.39. The van der Waals surface area contributed by atoms with Crippen molar-refractivity contribution in [1.82, 2.24) is 9.88 Å². The third-order valence-electron chi connectivity index (χ3n) is 5.93. The van der Waals surface area contributed by atoms with E-state index in [1.807, 2.05) is 17.5 Å². The van der Waals surface area contributed by atoms with Crippen LogP contribution in [0.25, 0.3) is 20.7 Å². The third-order valence-corrected chi connectivity index (χ3v) is 7.06. The Bertz CT molecular complexity index is 870. The maximum atomic E-state index is 4.79. The molecule has 2 bridgehead atoms. The number of aromatic nitrogens is 1. The first-order chi connectivity index (χ1) is 12.3. The second kappa shape index (κ2) is 6.11. The fourth-order valence-corrected chi connectivity index (χ4v) is 5.54. The number of anilines is 1. The van der Waals surface area contributed by atoms with Crippen molar-refractivity contribution < 1.29 is 0 Å². The fourth-order valence-electron chi connectivity index (χ4n) is 4.47. The molecule has 5 rings (SSSR count). The number of fused-ring (bicyclic) bond motifs is 3. The summed E-state index contributed by atoms with van der Waals surface area (Å²) in [5.74, 6) is 0. The summed E-state index contributed by atoms with van der Waals surface area (Å²) in [7, 11) is 2.31. The topological polar surface area (TPSA) is 19.4 Å². The molecule has 3 nitrogen and oxygen atoms in total. The molecule has 2 aromatic heterocycles. The van der Waals surface area contributed by atoms with Gasteiger partial charge in [0.05, 0.1) is 10.6 Å². The SMILES string of the molecule is CN1C2CCC1CN(c1cccnc1-c1cc3ccccc3s1)CC2. The van der Waals surface area contributed by atoms with Crippen LogP contribution in [-0.4, -0.2) is 42.1 Å². The van der Waals surface area contributed by atoms with E-state index in [0.717, 1.165) is 24.8 Å². The van der Waals surface area contributed by atoms with Crippen molar-refractivity contribution in [2.24, 2.45) is 0 Å². The Kier molecular flexibility index (Phi) is 3.75. The predicted octanol–water partition coefficient (Wildman–Crippen LogP) is 4.64. The number of hydrogen-bond acceptors (Lipinski definition) is 4. The van der Waals surface area contributed by atoms with Crippen LogP contribution < -0.4 is 4.90 Å². The van der Waals surface area contributed by atoms with Crippen molar-refractivity contribution in [1.29, 1.82) is 0 Å². The summed E-state index contributed by atoms with van der Waals surface area (Å²) in [6.07, 6.45) is 5.88. The van der Waals surface area contributed by atoms with E-state index >= 15 is 0 Å². The monoisotopic (exact) mass is 349 g/mol. The molecular weight excluding hydrogens is 326 g/mol. The molecule has 0 spiro atoms. The van der Waals surface area contributed by atoms with Gasteiger partial charge in [-0.25, -0.2) is 0 Å². The Morgan fingerprint density at radius 2 is 1.92 bits per heavy atom. The number of rotatable bonds is 2. The van der Waals surface area contributed by atoms with E-state index in [2.05, 4.69) is 59.3 Å². The average molecular weight is 350 g/mol. The van der Waals surface area contributed by atoms with Crippen molar-refractivity contribution in [2.45, 2.75) is 31.3 Å². The molecule has 2 saturated heterocycles. The summed E-state index contributed by atoms with van der Waals surface area (Å²) in [5.41, 5.74) is 2.44. The molecular formula is C21H23N3S. The smallest absolute Gasteiger partial charge is 0.103 e. The van der Waals surface area contributed by atoms with Crippen molar-refractivity contribution in [3.63, 3.8) is 0 Å². The summed E-state index contributed by atoms with van der Waals surface area (Å²) >= 11 is 1.85. The highest BCUT2D eigenvalue weighted by Crippen LogP contribution is 2.39. The Morgan fingerprint density at radius 1 is 1.04 bits per heavy atom. The molecule has 0 radical (unpaired) electrons. The number of thiophene rings is 1. The fraction of sp³-hybridized carbons (Fsp3) is 0.381. The molecule has 0 amide bonds. The molecule has 1 aromatic carbocycles. The molecule has 4 heteroatoms. The van der Waals surface area contributed by atoms with Gasteiger partial charge in [-0.2, -0.15) is 0 Å². The van der Waals surface area contributed by atoms with E-state index < -0.39 is 0 Å². The zero-order valence-corrected chi connectivity index (χ0v) is 15.4. The molecule has 3 aromatic rings. The van der Waals surface area contributed by atoms with Gasteiger partial charge < -0.3 is 4.90 Å². The average Bonchev–Trinajstić information content (AvgIpc) is 3.16. The van der Waals surface area contributed by atoms with Gasteiger partial charge in [0.2, 0.25) is 0 Å². The minimum absolute atomic E-state index is 0.683. The number of pyridine rings is 1. The van der Waals surface area contributed by atoms with Crippen LogP contribution in [-0.2, 0) is 0 Å². The summed E-state index contributed by atoms with van der Waals surface area (Å²) < 4.78 is 1.34. The summed E-state index contributed by atoms with van der Waals surface area (Å²) in [5, 5.41) is 1.31. The molecule has 2 fully saturated rings. The molecule has 2 aliphatic heterocycles. The van der Waals surface area contributed by atoms with Gasteiger partial charge in [0.1, 0.15) is 5.69 Å². The number of benzene rings is 1. The maximum Gasteiger partial charge on any atom is 0.103 e. The van der Waals surface area contributed by atoms with E-state index in [4.69, 9.17) is 4.98 Å². The van der Waals surface area contributed by atoms with Crippen molar-refractivity contribution >= 4 is 27.1 Å². The molecule has 4 heterocycles. The summed E-state index contributed by atoms with van der Waals surface area (Å²) in [6, 6.07) is 16.7. The zero-order chi connectivity index (χ0) is 16.8. The van der Waals surface area contributed by atoms with E-state index in [0.29, 0.717) is 6.04 Å². The Hall–Kier alpha value is -1.91. The van der Waals surface area contributed by atoms with Gasteiger partial charge in [-0.15, -0.1) is 11.3 Å². The van der Waals surface area contributed by atoms with Gasteiger partial charge in [-0.05, 0) is 56.0 Å². The quantitative estimate of drug-likeness (QED) is 0.672. The van der Waals surface area contributed by atoms with Crippen LogP contribution in [0.4, 0.5) is 5.69 Å². The largest absolute Gasteiger partial charge is 0.368 e.